The molecule has 0 aromatic carbocycles. The molecule has 4 nitrogen and oxygen atoms in total. The van der Waals surface area contributed by atoms with E-state index in [1.807, 2.05) is 6.92 Å². The second-order valence-electron chi connectivity index (χ2n) is 1.86. The largest absolute Gasteiger partial charge is 0.269 e. The van der Waals surface area contributed by atoms with E-state index in [0.717, 1.165) is 0 Å². The first-order valence-corrected chi connectivity index (χ1v) is 2.51. The number of hydrazine groups is 1. The molecule has 0 radical (unpaired) electrons. The van der Waals surface area contributed by atoms with E-state index in [1.165, 1.54) is 0 Å². The maximum Gasteiger partial charge on any atom is 0.161 e. The van der Waals surface area contributed by atoms with E-state index in [9.17, 15) is 4.91 Å². The van der Waals surface area contributed by atoms with Crippen LogP contribution in [0.1, 0.15) is 20.3 Å². The molecule has 4 heteroatoms. The van der Waals surface area contributed by atoms with Gasteiger partial charge in [-0.1, -0.05) is 6.92 Å². The zero-order chi connectivity index (χ0) is 6.62. The van der Waals surface area contributed by atoms with Crippen molar-refractivity contribution in [1.82, 2.24) is 5.43 Å². The summed E-state index contributed by atoms with van der Waals surface area (Å²) in [6.45, 7) is 3.47. The van der Waals surface area contributed by atoms with Gasteiger partial charge in [-0.25, -0.2) is 5.43 Å². The predicted molar refractivity (Wildman–Crippen MR) is 31.8 cm³/mol. The van der Waals surface area contributed by atoms with Gasteiger partial charge in [0.05, 0.1) is 0 Å². The summed E-state index contributed by atoms with van der Waals surface area (Å²) in [5, 5.41) is 2.77. The SMILES string of the molecule is CCC(C)(N=O)NN. The first-order chi connectivity index (χ1) is 3.68. The normalized spacial score (nSPS) is 17.4. The van der Waals surface area contributed by atoms with Crippen molar-refractivity contribution in [3.05, 3.63) is 4.91 Å². The Hall–Kier alpha value is -0.480. The molecule has 0 heterocycles. The Morgan fingerprint density at radius 1 is 1.88 bits per heavy atom. The van der Waals surface area contributed by atoms with Crippen LogP contribution in [-0.2, 0) is 0 Å². The molecule has 0 bridgehead atoms. The van der Waals surface area contributed by atoms with Crippen LogP contribution in [0.5, 0.6) is 0 Å². The minimum atomic E-state index is -0.778. The average molecular weight is 117 g/mol. The van der Waals surface area contributed by atoms with Crippen molar-refractivity contribution in [3.8, 4) is 0 Å². The van der Waals surface area contributed by atoms with Crippen LogP contribution in [0.3, 0.4) is 0 Å². The van der Waals surface area contributed by atoms with E-state index in [-0.39, 0.29) is 0 Å². The van der Waals surface area contributed by atoms with Crippen molar-refractivity contribution in [2.75, 3.05) is 0 Å². The molecule has 0 aliphatic carbocycles. The zero-order valence-corrected chi connectivity index (χ0v) is 5.14. The molecule has 8 heavy (non-hydrogen) atoms. The third-order valence-electron chi connectivity index (χ3n) is 1.20. The Morgan fingerprint density at radius 2 is 2.38 bits per heavy atom. The predicted octanol–water partition coefficient (Wildman–Crippen LogP) is 0.342. The summed E-state index contributed by atoms with van der Waals surface area (Å²) < 4.78 is 0. The van der Waals surface area contributed by atoms with Crippen LogP contribution in [0.25, 0.3) is 0 Å². The summed E-state index contributed by atoms with van der Waals surface area (Å²) >= 11 is 0. The van der Waals surface area contributed by atoms with Crippen molar-refractivity contribution >= 4 is 0 Å². The molecule has 0 spiro atoms. The molecular formula is C4H11N3O. The van der Waals surface area contributed by atoms with Crippen molar-refractivity contribution in [1.29, 1.82) is 0 Å². The van der Waals surface area contributed by atoms with Gasteiger partial charge >= 0.3 is 0 Å². The highest BCUT2D eigenvalue weighted by Crippen LogP contribution is 2.06. The smallest absolute Gasteiger partial charge is 0.161 e. The fourth-order valence-electron chi connectivity index (χ4n) is 0.193. The van der Waals surface area contributed by atoms with Gasteiger partial charge in [0.15, 0.2) is 5.66 Å². The topological polar surface area (TPSA) is 67.5 Å². The van der Waals surface area contributed by atoms with Crippen molar-refractivity contribution in [2.45, 2.75) is 25.9 Å². The van der Waals surface area contributed by atoms with Crippen LogP contribution in [0.4, 0.5) is 0 Å². The quantitative estimate of drug-likeness (QED) is 0.318. The standard InChI is InChI=1S/C4H11N3O/c1-3-4(2,6-5)7-8/h6H,3,5H2,1-2H3. The van der Waals surface area contributed by atoms with Crippen LogP contribution < -0.4 is 11.3 Å². The van der Waals surface area contributed by atoms with Crippen molar-refractivity contribution in [2.24, 2.45) is 11.0 Å². The first kappa shape index (κ1) is 7.52. The van der Waals surface area contributed by atoms with Crippen LogP contribution >= 0.6 is 0 Å². The van der Waals surface area contributed by atoms with E-state index in [0.29, 0.717) is 6.42 Å². The maximum atomic E-state index is 9.90. The van der Waals surface area contributed by atoms with Gasteiger partial charge in [0.1, 0.15) is 0 Å². The van der Waals surface area contributed by atoms with Gasteiger partial charge in [0.2, 0.25) is 0 Å². The number of rotatable bonds is 3. The summed E-state index contributed by atoms with van der Waals surface area (Å²) in [7, 11) is 0. The summed E-state index contributed by atoms with van der Waals surface area (Å²) in [4.78, 5) is 9.90. The van der Waals surface area contributed by atoms with Crippen LogP contribution in [0.2, 0.25) is 0 Å². The van der Waals surface area contributed by atoms with Gasteiger partial charge in [-0.15, -0.1) is 4.91 Å². The molecule has 0 saturated heterocycles. The summed E-state index contributed by atoms with van der Waals surface area (Å²) in [5.74, 6) is 4.98. The summed E-state index contributed by atoms with van der Waals surface area (Å²) in [5.41, 5.74) is 1.52. The fourth-order valence-corrected chi connectivity index (χ4v) is 0.193. The highest BCUT2D eigenvalue weighted by molar-refractivity contribution is 4.73. The van der Waals surface area contributed by atoms with Crippen LogP contribution in [0, 0.1) is 4.91 Å². The Labute approximate surface area is 48.4 Å². The molecule has 0 aliphatic rings. The van der Waals surface area contributed by atoms with Gasteiger partial charge in [0, 0.05) is 0 Å². The van der Waals surface area contributed by atoms with E-state index >= 15 is 0 Å². The lowest BCUT2D eigenvalue weighted by atomic mass is 10.2. The van der Waals surface area contributed by atoms with Gasteiger partial charge in [-0.3, -0.25) is 5.84 Å². The number of hydrogen-bond acceptors (Lipinski definition) is 4. The van der Waals surface area contributed by atoms with Gasteiger partial charge < -0.3 is 0 Å². The number of hydrogen-bond donors (Lipinski definition) is 2. The maximum absolute atomic E-state index is 9.90. The minimum Gasteiger partial charge on any atom is -0.269 e. The highest BCUT2D eigenvalue weighted by atomic mass is 16.3. The minimum absolute atomic E-state index is 0.604. The highest BCUT2D eigenvalue weighted by Gasteiger charge is 2.18. The fraction of sp³-hybridized carbons (Fsp3) is 1.00. The van der Waals surface area contributed by atoms with Crippen molar-refractivity contribution < 1.29 is 0 Å². The van der Waals surface area contributed by atoms with Gasteiger partial charge in [-0.2, -0.15) is 0 Å². The molecule has 0 rings (SSSR count). The lowest BCUT2D eigenvalue weighted by molar-refractivity contribution is 0.363. The average Bonchev–Trinajstić information content (AvgIpc) is 1.87. The van der Waals surface area contributed by atoms with E-state index < -0.39 is 5.66 Å². The first-order valence-electron chi connectivity index (χ1n) is 2.51. The third-order valence-corrected chi connectivity index (χ3v) is 1.20. The van der Waals surface area contributed by atoms with Crippen LogP contribution in [0.15, 0.2) is 5.18 Å². The summed E-state index contributed by atoms with van der Waals surface area (Å²) in [6, 6.07) is 0. The zero-order valence-electron chi connectivity index (χ0n) is 5.14. The van der Waals surface area contributed by atoms with Gasteiger partial charge in [0.25, 0.3) is 0 Å². The third kappa shape index (κ3) is 1.55. The van der Waals surface area contributed by atoms with Crippen molar-refractivity contribution in [3.63, 3.8) is 0 Å². The molecule has 3 N–H and O–H groups in total. The van der Waals surface area contributed by atoms with Crippen LogP contribution in [-0.4, -0.2) is 5.66 Å². The molecule has 1 atom stereocenters. The monoisotopic (exact) mass is 117 g/mol. The Morgan fingerprint density at radius 3 is 2.38 bits per heavy atom. The number of nitroso groups, excluding NO2 is 1. The molecule has 0 saturated carbocycles. The molecule has 0 aromatic rings. The number of nitrogens with two attached hydrogens (primary N) is 1. The molecule has 0 amide bonds. The lowest BCUT2D eigenvalue weighted by Crippen LogP contribution is -2.44. The van der Waals surface area contributed by atoms with E-state index in [2.05, 4.69) is 10.6 Å². The van der Waals surface area contributed by atoms with Gasteiger partial charge in [-0.05, 0) is 18.5 Å². The molecule has 1 unspecified atom stereocenters. The summed E-state index contributed by atoms with van der Waals surface area (Å²) in [6.07, 6.45) is 0.604. The van der Waals surface area contributed by atoms with E-state index in [1.54, 1.807) is 6.92 Å². The Balaban J connectivity index is 3.76. The molecule has 0 aliphatic heterocycles. The van der Waals surface area contributed by atoms with E-state index in [4.69, 9.17) is 5.84 Å². The second-order valence-corrected chi connectivity index (χ2v) is 1.86. The Kier molecular flexibility index (Phi) is 2.57. The number of nitrogens with one attached hydrogen (secondary N) is 1. The lowest BCUT2D eigenvalue weighted by Gasteiger charge is -2.16. The molecule has 0 fully saturated rings. The molecule has 0 aromatic heterocycles. The second kappa shape index (κ2) is 2.74. The molecular weight excluding hydrogens is 106 g/mol. The number of nitrogens with zero attached hydrogens (tertiary/aromatic N) is 1. The molecule has 48 valence electrons. The Bertz CT molecular complexity index is 79.4.